The summed E-state index contributed by atoms with van der Waals surface area (Å²) in [5.41, 5.74) is 0.0366. The van der Waals surface area contributed by atoms with Crippen molar-refractivity contribution in [3.05, 3.63) is 29.0 Å². The Bertz CT molecular complexity index is 828. The molecule has 1 saturated carbocycles. The third kappa shape index (κ3) is 4.72. The first kappa shape index (κ1) is 19.1. The van der Waals surface area contributed by atoms with Gasteiger partial charge in [-0.15, -0.1) is 10.2 Å². The van der Waals surface area contributed by atoms with Crippen molar-refractivity contribution in [2.45, 2.75) is 36.6 Å². The molecule has 26 heavy (non-hydrogen) atoms. The number of carbonyl (C=O) groups excluding carboxylic acids is 2. The third-order valence-electron chi connectivity index (χ3n) is 3.61. The molecule has 0 atom stereocenters. The van der Waals surface area contributed by atoms with Crippen LogP contribution in [0, 0.1) is 5.82 Å². The zero-order valence-corrected chi connectivity index (χ0v) is 16.3. The van der Waals surface area contributed by atoms with Gasteiger partial charge in [-0.3, -0.25) is 14.5 Å². The van der Waals surface area contributed by atoms with Crippen LogP contribution in [-0.4, -0.2) is 33.8 Å². The molecule has 1 heterocycles. The van der Waals surface area contributed by atoms with E-state index in [1.807, 2.05) is 6.92 Å². The molecule has 2 aromatic rings. The Balaban J connectivity index is 1.58. The summed E-state index contributed by atoms with van der Waals surface area (Å²) in [4.78, 5) is 25.8. The number of thioether (sulfide) groups is 1. The number of aromatic nitrogens is 2. The van der Waals surface area contributed by atoms with Crippen molar-refractivity contribution in [3.63, 3.8) is 0 Å². The van der Waals surface area contributed by atoms with Crippen molar-refractivity contribution in [1.29, 1.82) is 0 Å². The minimum absolute atomic E-state index is 0.0226. The maximum absolute atomic E-state index is 13.6. The van der Waals surface area contributed by atoms with Crippen molar-refractivity contribution >= 4 is 57.3 Å². The molecule has 10 heteroatoms. The summed E-state index contributed by atoms with van der Waals surface area (Å²) in [5, 5.41) is 11.5. The number of rotatable bonds is 7. The van der Waals surface area contributed by atoms with E-state index < -0.39 is 5.82 Å². The second kappa shape index (κ2) is 8.32. The van der Waals surface area contributed by atoms with Crippen molar-refractivity contribution in [1.82, 2.24) is 10.2 Å². The number of benzene rings is 1. The van der Waals surface area contributed by atoms with Crippen LogP contribution in [0.2, 0.25) is 5.02 Å². The van der Waals surface area contributed by atoms with Crippen LogP contribution in [0.15, 0.2) is 22.5 Å². The van der Waals surface area contributed by atoms with Gasteiger partial charge in [-0.05, 0) is 31.0 Å². The minimum atomic E-state index is -0.552. The molecule has 1 fully saturated rings. The highest BCUT2D eigenvalue weighted by Crippen LogP contribution is 2.36. The van der Waals surface area contributed by atoms with E-state index in [-0.39, 0.29) is 29.3 Å². The van der Waals surface area contributed by atoms with E-state index >= 15 is 0 Å². The van der Waals surface area contributed by atoms with Crippen LogP contribution in [-0.2, 0) is 9.59 Å². The molecule has 0 spiro atoms. The van der Waals surface area contributed by atoms with Crippen molar-refractivity contribution < 1.29 is 14.0 Å². The highest BCUT2D eigenvalue weighted by molar-refractivity contribution is 8.01. The second-order valence-corrected chi connectivity index (χ2v) is 8.27. The van der Waals surface area contributed by atoms with Crippen LogP contribution in [0.3, 0.4) is 0 Å². The molecule has 0 bridgehead atoms. The first-order valence-corrected chi connectivity index (χ1v) is 10.2. The minimum Gasteiger partial charge on any atom is -0.323 e. The summed E-state index contributed by atoms with van der Waals surface area (Å²) in [6, 6.07) is 4.17. The third-order valence-corrected chi connectivity index (χ3v) is 5.91. The summed E-state index contributed by atoms with van der Waals surface area (Å²) in [6.07, 6.45) is 2.36. The SMILES string of the molecule is CCC(=O)N(c1nnc(SCC(=O)Nc2cc(Cl)ccc2F)s1)C1CC1. The Kier molecular flexibility index (Phi) is 6.10. The number of amides is 2. The van der Waals surface area contributed by atoms with Gasteiger partial charge in [0.25, 0.3) is 0 Å². The van der Waals surface area contributed by atoms with Gasteiger partial charge in [-0.2, -0.15) is 0 Å². The predicted molar refractivity (Wildman–Crippen MR) is 101 cm³/mol. The van der Waals surface area contributed by atoms with Crippen LogP contribution in [0.4, 0.5) is 15.2 Å². The fourth-order valence-electron chi connectivity index (χ4n) is 2.23. The lowest BCUT2D eigenvalue weighted by Crippen LogP contribution is -2.32. The average Bonchev–Trinajstić information content (AvgIpc) is 3.34. The zero-order valence-electron chi connectivity index (χ0n) is 13.9. The predicted octanol–water partition coefficient (Wildman–Crippen LogP) is 3.97. The van der Waals surface area contributed by atoms with Gasteiger partial charge in [0.05, 0.1) is 11.4 Å². The van der Waals surface area contributed by atoms with Crippen molar-refractivity contribution in [3.8, 4) is 0 Å². The highest BCUT2D eigenvalue weighted by Gasteiger charge is 2.35. The summed E-state index contributed by atoms with van der Waals surface area (Å²) in [7, 11) is 0. The van der Waals surface area contributed by atoms with Gasteiger partial charge in [0.2, 0.25) is 16.9 Å². The Hall–Kier alpha value is -1.71. The van der Waals surface area contributed by atoms with Crippen LogP contribution in [0.1, 0.15) is 26.2 Å². The summed E-state index contributed by atoms with van der Waals surface area (Å²) in [6.45, 7) is 1.81. The molecular weight excluding hydrogens is 399 g/mol. The molecule has 1 aliphatic carbocycles. The Morgan fingerprint density at radius 2 is 2.19 bits per heavy atom. The molecule has 6 nitrogen and oxygen atoms in total. The van der Waals surface area contributed by atoms with Crippen LogP contribution in [0.25, 0.3) is 0 Å². The highest BCUT2D eigenvalue weighted by atomic mass is 35.5. The van der Waals surface area contributed by atoms with E-state index in [0.717, 1.165) is 12.8 Å². The van der Waals surface area contributed by atoms with E-state index in [0.29, 0.717) is 20.9 Å². The Labute approximate surface area is 163 Å². The van der Waals surface area contributed by atoms with E-state index in [9.17, 15) is 14.0 Å². The monoisotopic (exact) mass is 414 g/mol. The summed E-state index contributed by atoms with van der Waals surface area (Å²) >= 11 is 8.27. The molecule has 0 radical (unpaired) electrons. The smallest absolute Gasteiger partial charge is 0.234 e. The second-order valence-electron chi connectivity index (χ2n) is 5.66. The Morgan fingerprint density at radius 1 is 1.42 bits per heavy atom. The molecule has 138 valence electrons. The van der Waals surface area contributed by atoms with Crippen molar-refractivity contribution in [2.75, 3.05) is 16.0 Å². The van der Waals surface area contributed by atoms with Gasteiger partial charge in [-0.1, -0.05) is 41.6 Å². The first-order valence-electron chi connectivity index (χ1n) is 8.01. The molecular formula is C16H16ClFN4O2S2. The lowest BCUT2D eigenvalue weighted by atomic mass is 10.3. The molecule has 1 N–H and O–H groups in total. The molecule has 3 rings (SSSR count). The quantitative estimate of drug-likeness (QED) is 0.548. The van der Waals surface area contributed by atoms with E-state index in [2.05, 4.69) is 15.5 Å². The van der Waals surface area contributed by atoms with Gasteiger partial charge < -0.3 is 5.32 Å². The van der Waals surface area contributed by atoms with Gasteiger partial charge >= 0.3 is 0 Å². The number of carbonyl (C=O) groups is 2. The Morgan fingerprint density at radius 3 is 2.88 bits per heavy atom. The number of hydrogen-bond donors (Lipinski definition) is 1. The lowest BCUT2D eigenvalue weighted by molar-refractivity contribution is -0.118. The fourth-order valence-corrected chi connectivity index (χ4v) is 4.14. The number of hydrogen-bond acceptors (Lipinski definition) is 6. The maximum Gasteiger partial charge on any atom is 0.234 e. The maximum atomic E-state index is 13.6. The fraction of sp³-hybridized carbons (Fsp3) is 0.375. The average molecular weight is 415 g/mol. The van der Waals surface area contributed by atoms with Gasteiger partial charge in [0, 0.05) is 17.5 Å². The first-order chi connectivity index (χ1) is 12.5. The largest absolute Gasteiger partial charge is 0.323 e. The topological polar surface area (TPSA) is 75.2 Å². The molecule has 1 aromatic heterocycles. The van der Waals surface area contributed by atoms with Crippen LogP contribution >= 0.6 is 34.7 Å². The lowest BCUT2D eigenvalue weighted by Gasteiger charge is -2.17. The van der Waals surface area contributed by atoms with Crippen LogP contribution in [0.5, 0.6) is 0 Å². The zero-order chi connectivity index (χ0) is 18.7. The normalized spacial score (nSPS) is 13.5. The molecule has 1 aromatic carbocycles. The van der Waals surface area contributed by atoms with E-state index in [4.69, 9.17) is 11.6 Å². The molecule has 0 aliphatic heterocycles. The summed E-state index contributed by atoms with van der Waals surface area (Å²) < 4.78 is 14.2. The number of nitrogens with zero attached hydrogens (tertiary/aromatic N) is 3. The van der Waals surface area contributed by atoms with Crippen LogP contribution < -0.4 is 10.2 Å². The standard InChI is InChI=1S/C16H16ClFN4O2S2/c1-2-14(24)22(10-4-5-10)15-20-21-16(26-15)25-8-13(23)19-12-7-9(17)3-6-11(12)18/h3,6-7,10H,2,4-5,8H2,1H3,(H,19,23). The van der Waals surface area contributed by atoms with Gasteiger partial charge in [0.1, 0.15) is 5.82 Å². The molecule has 0 unspecified atom stereocenters. The molecule has 2 amide bonds. The number of anilines is 2. The summed E-state index contributed by atoms with van der Waals surface area (Å²) in [5.74, 6) is -0.860. The van der Waals surface area contributed by atoms with E-state index in [1.54, 1.807) is 4.90 Å². The molecule has 0 saturated heterocycles. The van der Waals surface area contributed by atoms with Crippen molar-refractivity contribution in [2.24, 2.45) is 0 Å². The van der Waals surface area contributed by atoms with Gasteiger partial charge in [0.15, 0.2) is 4.34 Å². The number of halogens is 2. The number of nitrogens with one attached hydrogen (secondary N) is 1. The van der Waals surface area contributed by atoms with Gasteiger partial charge in [-0.25, -0.2) is 4.39 Å². The molecule has 1 aliphatic rings. The van der Waals surface area contributed by atoms with E-state index in [1.165, 1.54) is 41.3 Å².